The second-order valence-corrected chi connectivity index (χ2v) is 5.48. The Hall–Kier alpha value is -3.68. The van der Waals surface area contributed by atoms with Gasteiger partial charge in [-0.3, -0.25) is 19.2 Å². The van der Waals surface area contributed by atoms with Crippen molar-refractivity contribution in [2.45, 2.75) is 13.8 Å². The van der Waals surface area contributed by atoms with Crippen molar-refractivity contribution in [2.24, 2.45) is 0 Å². The molecule has 0 aliphatic carbocycles. The summed E-state index contributed by atoms with van der Waals surface area (Å²) in [7, 11) is 0. The summed E-state index contributed by atoms with van der Waals surface area (Å²) in [6, 6.07) is 6.74. The number of aryl methyl sites for hydroxylation is 2. The zero-order valence-electron chi connectivity index (χ0n) is 14.3. The third kappa shape index (κ3) is 3.86. The van der Waals surface area contributed by atoms with Crippen LogP contribution in [0.15, 0.2) is 24.3 Å². The molecule has 0 aliphatic heterocycles. The maximum Gasteiger partial charge on any atom is 0.211 e. The van der Waals surface area contributed by atoms with Crippen molar-refractivity contribution in [2.75, 3.05) is 21.3 Å². The molecule has 0 spiro atoms. The number of anilines is 4. The van der Waals surface area contributed by atoms with Crippen LogP contribution in [0.5, 0.6) is 0 Å². The van der Waals surface area contributed by atoms with E-state index in [1.165, 1.54) is 0 Å². The first-order valence-electron chi connectivity index (χ1n) is 7.66. The van der Waals surface area contributed by atoms with Crippen molar-refractivity contribution in [3.8, 4) is 11.1 Å². The summed E-state index contributed by atoms with van der Waals surface area (Å²) in [5.41, 5.74) is 4.90. The van der Waals surface area contributed by atoms with Gasteiger partial charge in [-0.15, -0.1) is 0 Å². The van der Waals surface area contributed by atoms with E-state index in [1.54, 1.807) is 24.3 Å². The Morgan fingerprint density at radius 1 is 0.577 bits per heavy atom. The summed E-state index contributed by atoms with van der Waals surface area (Å²) < 4.78 is 0. The van der Waals surface area contributed by atoms with Crippen LogP contribution in [-0.2, 0) is 19.2 Å². The number of amides is 4. The van der Waals surface area contributed by atoms with Crippen LogP contribution in [0.1, 0.15) is 11.1 Å². The monoisotopic (exact) mass is 354 g/mol. The van der Waals surface area contributed by atoms with Crippen LogP contribution in [0.3, 0.4) is 0 Å². The fourth-order valence-corrected chi connectivity index (χ4v) is 2.90. The van der Waals surface area contributed by atoms with Crippen LogP contribution in [0, 0.1) is 13.8 Å². The van der Waals surface area contributed by atoms with Gasteiger partial charge in [0.1, 0.15) is 0 Å². The molecule has 0 heterocycles. The van der Waals surface area contributed by atoms with Crippen LogP contribution in [0.4, 0.5) is 22.7 Å². The molecular formula is C18H18N4O4. The van der Waals surface area contributed by atoms with E-state index >= 15 is 0 Å². The Bertz CT molecular complexity index is 793. The first kappa shape index (κ1) is 18.7. The number of carbonyl (C=O) groups is 4. The maximum absolute atomic E-state index is 11.1. The number of nitrogens with one attached hydrogen (secondary N) is 4. The van der Waals surface area contributed by atoms with E-state index in [4.69, 9.17) is 0 Å². The van der Waals surface area contributed by atoms with Crippen LogP contribution < -0.4 is 21.3 Å². The van der Waals surface area contributed by atoms with Gasteiger partial charge in [-0.1, -0.05) is 0 Å². The molecule has 134 valence electrons. The van der Waals surface area contributed by atoms with E-state index in [0.29, 0.717) is 59.5 Å². The summed E-state index contributed by atoms with van der Waals surface area (Å²) in [4.78, 5) is 43.5. The van der Waals surface area contributed by atoms with E-state index in [0.717, 1.165) is 11.1 Å². The minimum atomic E-state index is 0.470. The molecule has 0 aromatic heterocycles. The second kappa shape index (κ2) is 8.43. The molecule has 26 heavy (non-hydrogen) atoms. The minimum Gasteiger partial charge on any atom is -0.329 e. The molecule has 8 nitrogen and oxygen atoms in total. The highest BCUT2D eigenvalue weighted by molar-refractivity contribution is 5.98. The number of hydrogen-bond donors (Lipinski definition) is 4. The van der Waals surface area contributed by atoms with Gasteiger partial charge in [0.2, 0.25) is 25.6 Å². The predicted molar refractivity (Wildman–Crippen MR) is 100 cm³/mol. The molecule has 0 saturated heterocycles. The summed E-state index contributed by atoms with van der Waals surface area (Å²) in [5.74, 6) is 0. The Morgan fingerprint density at radius 3 is 1.23 bits per heavy atom. The van der Waals surface area contributed by atoms with Gasteiger partial charge in [0.05, 0.1) is 11.4 Å². The van der Waals surface area contributed by atoms with Gasteiger partial charge in [0, 0.05) is 22.5 Å². The van der Waals surface area contributed by atoms with E-state index in [-0.39, 0.29) is 0 Å². The molecule has 4 amide bonds. The van der Waals surface area contributed by atoms with Crippen LogP contribution in [0.25, 0.3) is 11.1 Å². The lowest BCUT2D eigenvalue weighted by atomic mass is 9.92. The normalized spacial score (nSPS) is 9.77. The highest BCUT2D eigenvalue weighted by Gasteiger charge is 2.17. The van der Waals surface area contributed by atoms with Gasteiger partial charge in [-0.25, -0.2) is 0 Å². The lowest BCUT2D eigenvalue weighted by Crippen LogP contribution is -2.06. The zero-order valence-corrected chi connectivity index (χ0v) is 14.3. The highest BCUT2D eigenvalue weighted by atomic mass is 16.1. The number of rotatable bonds is 9. The van der Waals surface area contributed by atoms with Crippen molar-refractivity contribution in [3.63, 3.8) is 0 Å². The van der Waals surface area contributed by atoms with Crippen molar-refractivity contribution in [1.29, 1.82) is 0 Å². The van der Waals surface area contributed by atoms with E-state index in [1.807, 2.05) is 13.8 Å². The van der Waals surface area contributed by atoms with Crippen LogP contribution in [-0.4, -0.2) is 25.6 Å². The first-order chi connectivity index (χ1) is 12.5. The molecule has 2 aromatic rings. The molecule has 0 aliphatic rings. The molecule has 0 unspecified atom stereocenters. The largest absolute Gasteiger partial charge is 0.329 e. The molecule has 4 N–H and O–H groups in total. The molecule has 0 atom stereocenters. The number of carbonyl (C=O) groups excluding carboxylic acids is 4. The third-order valence-electron chi connectivity index (χ3n) is 3.80. The van der Waals surface area contributed by atoms with Gasteiger partial charge in [0.25, 0.3) is 0 Å². The minimum absolute atomic E-state index is 0.470. The molecule has 8 heteroatoms. The van der Waals surface area contributed by atoms with E-state index in [9.17, 15) is 19.2 Å². The van der Waals surface area contributed by atoms with E-state index in [2.05, 4.69) is 21.3 Å². The molecule has 0 bridgehead atoms. The average Bonchev–Trinajstić information content (AvgIpc) is 2.57. The van der Waals surface area contributed by atoms with Gasteiger partial charge in [0.15, 0.2) is 0 Å². The Morgan fingerprint density at radius 2 is 0.923 bits per heavy atom. The van der Waals surface area contributed by atoms with Gasteiger partial charge in [-0.05, 0) is 49.2 Å². The van der Waals surface area contributed by atoms with Crippen molar-refractivity contribution < 1.29 is 19.2 Å². The fourth-order valence-electron chi connectivity index (χ4n) is 2.90. The fraction of sp³-hybridized carbons (Fsp3) is 0.111. The maximum atomic E-state index is 11.1. The SMILES string of the molecule is Cc1cc(NC=O)cc(NC=O)c1-c1c(C)cc(NC=O)cc1NC=O. The van der Waals surface area contributed by atoms with Gasteiger partial charge < -0.3 is 21.3 Å². The van der Waals surface area contributed by atoms with E-state index < -0.39 is 0 Å². The number of hydrogen-bond acceptors (Lipinski definition) is 4. The van der Waals surface area contributed by atoms with Crippen molar-refractivity contribution in [1.82, 2.24) is 0 Å². The Balaban J connectivity index is 2.76. The van der Waals surface area contributed by atoms with Crippen LogP contribution >= 0.6 is 0 Å². The number of benzene rings is 2. The molecule has 0 radical (unpaired) electrons. The zero-order chi connectivity index (χ0) is 19.1. The Labute approximate surface area is 150 Å². The lowest BCUT2D eigenvalue weighted by molar-refractivity contribution is -0.106. The molecular weight excluding hydrogens is 336 g/mol. The Kier molecular flexibility index (Phi) is 6.05. The van der Waals surface area contributed by atoms with Gasteiger partial charge >= 0.3 is 0 Å². The highest BCUT2D eigenvalue weighted by Crippen LogP contribution is 2.41. The summed E-state index contributed by atoms with van der Waals surface area (Å²) >= 11 is 0. The quantitative estimate of drug-likeness (QED) is 0.517. The first-order valence-corrected chi connectivity index (χ1v) is 7.66. The smallest absolute Gasteiger partial charge is 0.211 e. The summed E-state index contributed by atoms with van der Waals surface area (Å²) in [5, 5.41) is 10.4. The lowest BCUT2D eigenvalue weighted by Gasteiger charge is -2.20. The second-order valence-electron chi connectivity index (χ2n) is 5.48. The summed E-state index contributed by atoms with van der Waals surface area (Å²) in [6.07, 6.45) is 2.16. The molecule has 0 saturated carbocycles. The summed E-state index contributed by atoms with van der Waals surface area (Å²) in [6.45, 7) is 3.64. The van der Waals surface area contributed by atoms with Crippen molar-refractivity contribution in [3.05, 3.63) is 35.4 Å². The third-order valence-corrected chi connectivity index (χ3v) is 3.80. The van der Waals surface area contributed by atoms with Crippen LogP contribution in [0.2, 0.25) is 0 Å². The topological polar surface area (TPSA) is 116 Å². The standard InChI is InChI=1S/C18H18N4O4/c1-11-3-13(19-7-23)5-15(21-9-25)17(11)18-12(2)4-14(20-8-24)6-16(18)22-10-26/h3-10H,1-2H3,(H,19,23)(H,20,24)(H,21,25)(H,22,26). The van der Waals surface area contributed by atoms with Gasteiger partial charge in [-0.2, -0.15) is 0 Å². The predicted octanol–water partition coefficient (Wildman–Crippen LogP) is 2.24. The molecule has 0 fully saturated rings. The average molecular weight is 354 g/mol. The molecule has 2 rings (SSSR count). The van der Waals surface area contributed by atoms with Crippen molar-refractivity contribution >= 4 is 48.4 Å². The molecule has 2 aromatic carbocycles.